The van der Waals surface area contributed by atoms with Gasteiger partial charge in [-0.3, -0.25) is 24.6 Å². The van der Waals surface area contributed by atoms with Gasteiger partial charge in [-0.25, -0.2) is 0 Å². The Morgan fingerprint density at radius 2 is 2.09 bits per heavy atom. The Hall–Kier alpha value is -2.63. The largest absolute Gasteiger partial charge is 0.508 e. The van der Waals surface area contributed by atoms with Crippen molar-refractivity contribution in [3.05, 3.63) is 35.4 Å². The lowest BCUT2D eigenvalue weighted by Crippen LogP contribution is -2.52. The van der Waals surface area contributed by atoms with Gasteiger partial charge < -0.3 is 5.11 Å². The minimum atomic E-state index is -0.697. The average Bonchev–Trinajstić information content (AvgIpc) is 2.73. The summed E-state index contributed by atoms with van der Waals surface area (Å²) in [4.78, 5) is 37.5. The molecule has 6 nitrogen and oxygen atoms in total. The third-order valence-corrected chi connectivity index (χ3v) is 3.91. The van der Waals surface area contributed by atoms with E-state index in [1.165, 1.54) is 17.0 Å². The van der Waals surface area contributed by atoms with Crippen LogP contribution in [0.2, 0.25) is 0 Å². The monoisotopic (exact) mass is 300 g/mol. The highest BCUT2D eigenvalue weighted by Crippen LogP contribution is 2.37. The van der Waals surface area contributed by atoms with E-state index in [1.54, 1.807) is 6.07 Å². The highest BCUT2D eigenvalue weighted by molar-refractivity contribution is 6.13. The number of phenolic OH excluding ortho intramolecular Hbond substituents is 1. The number of imide groups is 1. The molecule has 6 heteroatoms. The van der Waals surface area contributed by atoms with E-state index in [4.69, 9.17) is 0 Å². The molecule has 1 aromatic rings. The minimum absolute atomic E-state index is 0.00747. The molecule has 1 fully saturated rings. The molecule has 0 spiro atoms. The number of hydrogen-bond donors (Lipinski definition) is 2. The van der Waals surface area contributed by atoms with Gasteiger partial charge in [0.05, 0.1) is 5.56 Å². The molecule has 114 valence electrons. The van der Waals surface area contributed by atoms with Crippen LogP contribution in [0.3, 0.4) is 0 Å². The Labute approximate surface area is 127 Å². The minimum Gasteiger partial charge on any atom is -0.508 e. The lowest BCUT2D eigenvalue weighted by atomic mass is 10.0. The second-order valence-electron chi connectivity index (χ2n) is 5.37. The van der Waals surface area contributed by atoms with E-state index in [0.29, 0.717) is 29.7 Å². The number of fused-ring (bicyclic) bond motifs is 1. The van der Waals surface area contributed by atoms with Crippen LogP contribution in [0.25, 0.3) is 5.70 Å². The number of nitrogens with zero attached hydrogens (tertiary/aromatic N) is 1. The number of carbonyl (C=O) groups excluding carboxylic acids is 3. The molecular weight excluding hydrogens is 284 g/mol. The molecule has 3 amide bonds. The molecule has 0 saturated carbocycles. The van der Waals surface area contributed by atoms with Crippen LogP contribution in [0.4, 0.5) is 0 Å². The van der Waals surface area contributed by atoms with Crippen molar-refractivity contribution in [1.29, 1.82) is 0 Å². The van der Waals surface area contributed by atoms with Gasteiger partial charge in [0.2, 0.25) is 11.8 Å². The van der Waals surface area contributed by atoms with Gasteiger partial charge in [-0.05, 0) is 31.0 Å². The van der Waals surface area contributed by atoms with E-state index in [9.17, 15) is 19.5 Å². The maximum Gasteiger partial charge on any atom is 0.259 e. The number of hydrogen-bond acceptors (Lipinski definition) is 4. The maximum absolute atomic E-state index is 12.7. The van der Waals surface area contributed by atoms with Crippen LogP contribution in [0, 0.1) is 0 Å². The number of nitrogens with one attached hydrogen (secondary N) is 1. The highest BCUT2D eigenvalue weighted by atomic mass is 16.3. The summed E-state index contributed by atoms with van der Waals surface area (Å²) >= 11 is 0. The first kappa shape index (κ1) is 14.3. The van der Waals surface area contributed by atoms with Gasteiger partial charge in [-0.15, -0.1) is 0 Å². The number of aromatic hydroxyl groups is 1. The average molecular weight is 300 g/mol. The van der Waals surface area contributed by atoms with Gasteiger partial charge in [0.25, 0.3) is 5.91 Å². The molecular formula is C16H16N2O4. The Morgan fingerprint density at radius 3 is 2.77 bits per heavy atom. The first-order valence-corrected chi connectivity index (χ1v) is 7.23. The van der Waals surface area contributed by atoms with Crippen LogP contribution in [-0.4, -0.2) is 33.8 Å². The summed E-state index contributed by atoms with van der Waals surface area (Å²) < 4.78 is 0. The lowest BCUT2D eigenvalue weighted by Gasteiger charge is -2.30. The Bertz CT molecular complexity index is 708. The van der Waals surface area contributed by atoms with Crippen LogP contribution >= 0.6 is 0 Å². The van der Waals surface area contributed by atoms with Gasteiger partial charge in [-0.2, -0.15) is 0 Å². The Balaban J connectivity index is 2.05. The summed E-state index contributed by atoms with van der Waals surface area (Å²) in [6, 6.07) is 3.91. The number of piperidine rings is 1. The fraction of sp³-hybridized carbons (Fsp3) is 0.312. The van der Waals surface area contributed by atoms with E-state index < -0.39 is 11.9 Å². The maximum atomic E-state index is 12.7. The van der Waals surface area contributed by atoms with Gasteiger partial charge in [0, 0.05) is 17.7 Å². The smallest absolute Gasteiger partial charge is 0.259 e. The van der Waals surface area contributed by atoms with Crippen molar-refractivity contribution in [2.75, 3.05) is 0 Å². The first-order valence-electron chi connectivity index (χ1n) is 7.23. The number of carbonyl (C=O) groups is 3. The number of benzene rings is 1. The van der Waals surface area contributed by atoms with Crippen LogP contribution in [0.5, 0.6) is 5.75 Å². The molecule has 2 heterocycles. The second-order valence-corrected chi connectivity index (χ2v) is 5.37. The van der Waals surface area contributed by atoms with Crippen molar-refractivity contribution in [3.63, 3.8) is 0 Å². The molecule has 0 radical (unpaired) electrons. The third-order valence-electron chi connectivity index (χ3n) is 3.91. The zero-order valence-electron chi connectivity index (χ0n) is 12.1. The summed E-state index contributed by atoms with van der Waals surface area (Å²) in [5, 5.41) is 11.9. The number of allylic oxidation sites excluding steroid dienone is 1. The van der Waals surface area contributed by atoms with Gasteiger partial charge in [0.15, 0.2) is 0 Å². The van der Waals surface area contributed by atoms with Crippen molar-refractivity contribution in [3.8, 4) is 5.75 Å². The first-order chi connectivity index (χ1) is 10.5. The second kappa shape index (κ2) is 5.29. The third kappa shape index (κ3) is 2.16. The topological polar surface area (TPSA) is 86.7 Å². The van der Waals surface area contributed by atoms with Gasteiger partial charge in [-0.1, -0.05) is 13.0 Å². The predicted molar refractivity (Wildman–Crippen MR) is 78.7 cm³/mol. The van der Waals surface area contributed by atoms with Crippen molar-refractivity contribution < 1.29 is 19.5 Å². The highest BCUT2D eigenvalue weighted by Gasteiger charge is 2.42. The van der Waals surface area contributed by atoms with Crippen LogP contribution in [-0.2, 0) is 9.59 Å². The molecule has 1 atom stereocenters. The van der Waals surface area contributed by atoms with Crippen molar-refractivity contribution >= 4 is 23.4 Å². The van der Waals surface area contributed by atoms with Crippen molar-refractivity contribution in [2.24, 2.45) is 0 Å². The van der Waals surface area contributed by atoms with E-state index in [-0.39, 0.29) is 24.0 Å². The van der Waals surface area contributed by atoms with Gasteiger partial charge >= 0.3 is 0 Å². The molecule has 22 heavy (non-hydrogen) atoms. The molecule has 2 aliphatic rings. The van der Waals surface area contributed by atoms with Crippen molar-refractivity contribution in [1.82, 2.24) is 10.2 Å². The predicted octanol–water partition coefficient (Wildman–Crippen LogP) is 1.40. The summed E-state index contributed by atoms with van der Waals surface area (Å²) in [7, 11) is 0. The molecule has 0 aromatic heterocycles. The fourth-order valence-corrected chi connectivity index (χ4v) is 2.94. The van der Waals surface area contributed by atoms with Crippen LogP contribution < -0.4 is 5.32 Å². The van der Waals surface area contributed by atoms with Gasteiger partial charge in [0.1, 0.15) is 11.8 Å². The van der Waals surface area contributed by atoms with Crippen LogP contribution in [0.15, 0.2) is 24.3 Å². The Kier molecular flexibility index (Phi) is 3.44. The SMILES string of the molecule is CC/C=C1/c2ccc(O)cc2C(=O)N1C1CCC(=O)NC1=O. The normalized spacial score (nSPS) is 23.0. The molecule has 1 aromatic carbocycles. The quantitative estimate of drug-likeness (QED) is 0.808. The summed E-state index contributed by atoms with van der Waals surface area (Å²) in [6.45, 7) is 1.94. The zero-order chi connectivity index (χ0) is 15.9. The van der Waals surface area contributed by atoms with E-state index in [1.807, 2.05) is 13.0 Å². The summed E-state index contributed by atoms with van der Waals surface area (Å²) in [6.07, 6.45) is 3.09. The molecule has 2 N–H and O–H groups in total. The van der Waals surface area contributed by atoms with E-state index >= 15 is 0 Å². The number of rotatable bonds is 2. The molecule has 1 unspecified atom stereocenters. The van der Waals surface area contributed by atoms with E-state index in [0.717, 1.165) is 0 Å². The standard InChI is InChI=1S/C16H16N2O4/c1-2-3-12-10-5-4-9(19)8-11(10)16(22)18(12)13-6-7-14(20)17-15(13)21/h3-5,8,13,19H,2,6-7H2,1H3,(H,17,20,21)/b12-3-. The van der Waals surface area contributed by atoms with E-state index in [2.05, 4.69) is 5.32 Å². The van der Waals surface area contributed by atoms with Crippen LogP contribution in [0.1, 0.15) is 42.1 Å². The fourth-order valence-electron chi connectivity index (χ4n) is 2.94. The molecule has 2 aliphatic heterocycles. The Morgan fingerprint density at radius 1 is 1.32 bits per heavy atom. The number of amides is 3. The molecule has 0 bridgehead atoms. The molecule has 1 saturated heterocycles. The van der Waals surface area contributed by atoms with Crippen molar-refractivity contribution in [2.45, 2.75) is 32.2 Å². The summed E-state index contributed by atoms with van der Waals surface area (Å²) in [5.74, 6) is -1.08. The zero-order valence-corrected chi connectivity index (χ0v) is 12.1. The molecule has 3 rings (SSSR count). The molecule has 0 aliphatic carbocycles. The lowest BCUT2D eigenvalue weighted by molar-refractivity contribution is -0.136. The summed E-state index contributed by atoms with van der Waals surface area (Å²) in [5.41, 5.74) is 1.75. The number of phenols is 1.